The summed E-state index contributed by atoms with van der Waals surface area (Å²) in [7, 11) is 0. The van der Waals surface area contributed by atoms with Crippen LogP contribution in [0, 0.1) is 10.1 Å². The molecule has 1 rings (SSSR count). The predicted octanol–water partition coefficient (Wildman–Crippen LogP) is 1.95. The molecule has 0 radical (unpaired) electrons. The Balaban J connectivity index is 2.72. The van der Waals surface area contributed by atoms with Crippen LogP contribution in [0.3, 0.4) is 0 Å². The van der Waals surface area contributed by atoms with Gasteiger partial charge in [-0.3, -0.25) is 20.8 Å². The number of benzene rings is 1. The van der Waals surface area contributed by atoms with E-state index < -0.39 is 23.4 Å². The Morgan fingerprint density at radius 2 is 2.05 bits per heavy atom. The maximum atomic E-state index is 11.9. The highest BCUT2D eigenvalue weighted by molar-refractivity contribution is 6.00. The van der Waals surface area contributed by atoms with Gasteiger partial charge in [0.25, 0.3) is 11.6 Å². The molecule has 0 aliphatic heterocycles. The van der Waals surface area contributed by atoms with Gasteiger partial charge in [0.2, 0.25) is 0 Å². The minimum absolute atomic E-state index is 0.112. The molecule has 4 N–H and O–H groups in total. The minimum Gasteiger partial charge on any atom is -0.352 e. The Morgan fingerprint density at radius 3 is 2.57 bits per heavy atom. The van der Waals surface area contributed by atoms with E-state index in [0.29, 0.717) is 0 Å². The summed E-state index contributed by atoms with van der Waals surface area (Å²) >= 11 is 0. The molecule has 1 aromatic rings. The van der Waals surface area contributed by atoms with Crippen LogP contribution in [0.4, 0.5) is 24.5 Å². The quantitative estimate of drug-likeness (QED) is 0.322. The number of nitro benzene ring substituents is 1. The number of nitrogens with zero attached hydrogens (tertiary/aromatic N) is 1. The molecule has 0 unspecified atom stereocenters. The van der Waals surface area contributed by atoms with Crippen molar-refractivity contribution in [3.63, 3.8) is 0 Å². The normalized spacial score (nSPS) is 11.0. The molecular weight excluding hydrogens is 293 g/mol. The Labute approximate surface area is 117 Å². The number of rotatable bonds is 6. The predicted molar refractivity (Wildman–Crippen MR) is 68.5 cm³/mol. The zero-order chi connectivity index (χ0) is 16.0. The molecular formula is C11H13F3N4O3. The number of alkyl halides is 3. The molecule has 0 aliphatic carbocycles. The molecule has 0 atom stereocenters. The van der Waals surface area contributed by atoms with Crippen LogP contribution < -0.4 is 16.6 Å². The molecule has 0 spiro atoms. The SMILES string of the molecule is NNc1ccc([N+](=O)[O-])cc1C(=O)NCCCC(F)(F)F. The number of hydrogen-bond acceptors (Lipinski definition) is 5. The van der Waals surface area contributed by atoms with Crippen molar-refractivity contribution in [3.05, 3.63) is 33.9 Å². The summed E-state index contributed by atoms with van der Waals surface area (Å²) in [6.45, 7) is -0.203. The Hall–Kier alpha value is -2.36. The van der Waals surface area contributed by atoms with Crippen molar-refractivity contribution in [2.24, 2.45) is 5.84 Å². The first-order chi connectivity index (χ1) is 9.74. The van der Waals surface area contributed by atoms with Crippen molar-refractivity contribution in [1.82, 2.24) is 5.32 Å². The van der Waals surface area contributed by atoms with Crippen LogP contribution in [0.5, 0.6) is 0 Å². The molecule has 21 heavy (non-hydrogen) atoms. The molecule has 10 heteroatoms. The molecule has 1 amide bonds. The first-order valence-corrected chi connectivity index (χ1v) is 5.84. The number of amides is 1. The van der Waals surface area contributed by atoms with Crippen LogP contribution >= 0.6 is 0 Å². The number of halogens is 3. The topological polar surface area (TPSA) is 110 Å². The summed E-state index contributed by atoms with van der Waals surface area (Å²) in [6.07, 6.45) is -5.60. The van der Waals surface area contributed by atoms with Crippen molar-refractivity contribution in [3.8, 4) is 0 Å². The largest absolute Gasteiger partial charge is 0.389 e. The van der Waals surface area contributed by atoms with E-state index in [1.807, 2.05) is 0 Å². The molecule has 0 aliphatic rings. The Morgan fingerprint density at radius 1 is 1.38 bits per heavy atom. The van der Waals surface area contributed by atoms with Gasteiger partial charge in [-0.1, -0.05) is 0 Å². The third-order valence-corrected chi connectivity index (χ3v) is 2.54. The number of nitrogen functional groups attached to an aromatic ring is 1. The van der Waals surface area contributed by atoms with Crippen molar-refractivity contribution >= 4 is 17.3 Å². The third kappa shape index (κ3) is 5.26. The number of nitrogens with two attached hydrogens (primary N) is 1. The van der Waals surface area contributed by atoms with Gasteiger partial charge in [-0.05, 0) is 12.5 Å². The van der Waals surface area contributed by atoms with E-state index in [1.54, 1.807) is 0 Å². The van der Waals surface area contributed by atoms with E-state index in [-0.39, 0.29) is 29.9 Å². The highest BCUT2D eigenvalue weighted by Gasteiger charge is 2.26. The second-order valence-electron chi connectivity index (χ2n) is 4.11. The van der Waals surface area contributed by atoms with E-state index >= 15 is 0 Å². The molecule has 0 fully saturated rings. The maximum absolute atomic E-state index is 11.9. The lowest BCUT2D eigenvalue weighted by Crippen LogP contribution is -2.27. The van der Waals surface area contributed by atoms with Crippen LogP contribution in [-0.2, 0) is 0 Å². The first kappa shape index (κ1) is 16.7. The lowest BCUT2D eigenvalue weighted by Gasteiger charge is -2.10. The first-order valence-electron chi connectivity index (χ1n) is 5.84. The molecule has 1 aromatic carbocycles. The molecule has 7 nitrogen and oxygen atoms in total. The zero-order valence-electron chi connectivity index (χ0n) is 10.7. The van der Waals surface area contributed by atoms with Gasteiger partial charge in [-0.15, -0.1) is 0 Å². The number of carbonyl (C=O) groups is 1. The van der Waals surface area contributed by atoms with Gasteiger partial charge in [-0.25, -0.2) is 0 Å². The fourth-order valence-electron chi connectivity index (χ4n) is 1.55. The van der Waals surface area contributed by atoms with E-state index in [0.717, 1.165) is 12.1 Å². The molecule has 0 heterocycles. The number of hydrazine groups is 1. The second-order valence-corrected chi connectivity index (χ2v) is 4.11. The van der Waals surface area contributed by atoms with Gasteiger partial charge < -0.3 is 10.7 Å². The van der Waals surface area contributed by atoms with Crippen molar-refractivity contribution in [1.29, 1.82) is 0 Å². The molecule has 0 bridgehead atoms. The lowest BCUT2D eigenvalue weighted by atomic mass is 10.1. The average molecular weight is 306 g/mol. The van der Waals surface area contributed by atoms with Gasteiger partial charge in [0.05, 0.1) is 16.2 Å². The van der Waals surface area contributed by atoms with Crippen molar-refractivity contribution in [2.75, 3.05) is 12.0 Å². The summed E-state index contributed by atoms with van der Waals surface area (Å²) in [5.74, 6) is 4.44. The zero-order valence-corrected chi connectivity index (χ0v) is 10.7. The number of hydrogen-bond donors (Lipinski definition) is 3. The van der Waals surface area contributed by atoms with Crippen LogP contribution in [0.25, 0.3) is 0 Å². The Bertz CT molecular complexity index is 534. The smallest absolute Gasteiger partial charge is 0.352 e. The van der Waals surface area contributed by atoms with Crippen LogP contribution in [0.15, 0.2) is 18.2 Å². The average Bonchev–Trinajstić information content (AvgIpc) is 2.41. The van der Waals surface area contributed by atoms with Gasteiger partial charge in [0.15, 0.2) is 0 Å². The molecule has 0 saturated carbocycles. The fraction of sp³-hybridized carbons (Fsp3) is 0.364. The summed E-state index contributed by atoms with van der Waals surface area (Å²) in [5.41, 5.74) is 1.89. The van der Waals surface area contributed by atoms with Crippen LogP contribution in [0.2, 0.25) is 0 Å². The molecule has 0 aromatic heterocycles. The van der Waals surface area contributed by atoms with Crippen LogP contribution in [-0.4, -0.2) is 23.6 Å². The highest BCUT2D eigenvalue weighted by Crippen LogP contribution is 2.22. The van der Waals surface area contributed by atoms with E-state index in [2.05, 4.69) is 10.7 Å². The second kappa shape index (κ2) is 6.88. The number of anilines is 1. The summed E-state index contributed by atoms with van der Waals surface area (Å²) in [6, 6.07) is 3.38. The van der Waals surface area contributed by atoms with Crippen molar-refractivity contribution in [2.45, 2.75) is 19.0 Å². The number of nitrogens with one attached hydrogen (secondary N) is 2. The monoisotopic (exact) mass is 306 g/mol. The fourth-order valence-corrected chi connectivity index (χ4v) is 1.55. The molecule has 0 saturated heterocycles. The summed E-state index contributed by atoms with van der Waals surface area (Å²) in [4.78, 5) is 21.8. The number of carbonyl (C=O) groups excluding carboxylic acids is 1. The standard InChI is InChI=1S/C11H13F3N4O3/c12-11(13,14)4-1-5-16-10(19)8-6-7(18(20)21)2-3-9(8)17-15/h2-3,6,17H,1,4-5,15H2,(H,16,19). The third-order valence-electron chi connectivity index (χ3n) is 2.54. The summed E-state index contributed by atoms with van der Waals surface area (Å²) < 4.78 is 35.8. The van der Waals surface area contributed by atoms with Crippen molar-refractivity contribution < 1.29 is 22.9 Å². The number of non-ortho nitro benzene ring substituents is 1. The van der Waals surface area contributed by atoms with Gasteiger partial charge >= 0.3 is 6.18 Å². The van der Waals surface area contributed by atoms with E-state index in [1.165, 1.54) is 6.07 Å². The Kier molecular flexibility index (Phi) is 5.47. The van der Waals surface area contributed by atoms with Crippen LogP contribution in [0.1, 0.15) is 23.2 Å². The summed E-state index contributed by atoms with van der Waals surface area (Å²) in [5, 5.41) is 12.9. The molecule has 116 valence electrons. The van der Waals surface area contributed by atoms with Gasteiger partial charge in [-0.2, -0.15) is 13.2 Å². The van der Waals surface area contributed by atoms with Gasteiger partial charge in [0.1, 0.15) is 0 Å². The maximum Gasteiger partial charge on any atom is 0.389 e. The lowest BCUT2D eigenvalue weighted by molar-refractivity contribution is -0.384. The highest BCUT2D eigenvalue weighted by atomic mass is 19.4. The van der Waals surface area contributed by atoms with Gasteiger partial charge in [0, 0.05) is 25.1 Å². The van der Waals surface area contributed by atoms with E-state index in [4.69, 9.17) is 5.84 Å². The van der Waals surface area contributed by atoms with E-state index in [9.17, 15) is 28.1 Å². The number of nitro groups is 1. The minimum atomic E-state index is -4.29.